The number of methoxy groups -OCH3 is 1. The van der Waals surface area contributed by atoms with Crippen molar-refractivity contribution >= 4 is 12.2 Å². The second kappa shape index (κ2) is 9.86. The molecule has 39 heavy (non-hydrogen) atoms. The molecule has 1 aromatic heterocycles. The highest BCUT2D eigenvalue weighted by Crippen LogP contribution is 2.40. The van der Waals surface area contributed by atoms with Crippen molar-refractivity contribution in [2.45, 2.75) is 19.3 Å². The van der Waals surface area contributed by atoms with Crippen LogP contribution in [0.3, 0.4) is 0 Å². The predicted octanol–water partition coefficient (Wildman–Crippen LogP) is 6.10. The lowest BCUT2D eigenvalue weighted by Gasteiger charge is -2.22. The molecular weight excluding hydrogens is 523 g/mol. The highest BCUT2D eigenvalue weighted by Gasteiger charge is 2.35. The highest BCUT2D eigenvalue weighted by atomic mass is 19.4. The van der Waals surface area contributed by atoms with Crippen LogP contribution in [0.4, 0.5) is 22.0 Å². The summed E-state index contributed by atoms with van der Waals surface area (Å²) in [5.41, 5.74) is -0.260. The molecule has 2 heterocycles. The van der Waals surface area contributed by atoms with Gasteiger partial charge in [-0.2, -0.15) is 18.3 Å². The third-order valence-corrected chi connectivity index (χ3v) is 6.20. The Hall–Kier alpha value is -4.74. The number of carbonyl (C=O) groups is 1. The van der Waals surface area contributed by atoms with Gasteiger partial charge in [0.2, 0.25) is 0 Å². The van der Waals surface area contributed by atoms with E-state index in [2.05, 4.69) is 15.1 Å². The van der Waals surface area contributed by atoms with Gasteiger partial charge in [0.05, 0.1) is 48.8 Å². The van der Waals surface area contributed by atoms with Gasteiger partial charge in [-0.3, -0.25) is 5.01 Å². The van der Waals surface area contributed by atoms with Crippen molar-refractivity contribution in [3.05, 3.63) is 94.3 Å². The zero-order valence-corrected chi connectivity index (χ0v) is 20.2. The van der Waals surface area contributed by atoms with Crippen molar-refractivity contribution in [1.82, 2.24) is 15.0 Å². The largest absolute Gasteiger partial charge is 0.497 e. The van der Waals surface area contributed by atoms with Crippen molar-refractivity contribution < 1.29 is 36.6 Å². The second-order valence-electron chi connectivity index (χ2n) is 8.71. The number of alkyl halides is 3. The van der Waals surface area contributed by atoms with Crippen LogP contribution in [0.2, 0.25) is 0 Å². The van der Waals surface area contributed by atoms with Crippen LogP contribution in [0.1, 0.15) is 32.9 Å². The topological polar surface area (TPSA) is 90.8 Å². The number of ether oxygens (including phenoxy) is 1. The summed E-state index contributed by atoms with van der Waals surface area (Å²) in [6.45, 7) is 0.310. The summed E-state index contributed by atoms with van der Waals surface area (Å²) in [6, 6.07) is 11.2. The van der Waals surface area contributed by atoms with Gasteiger partial charge in [-0.15, -0.1) is 0 Å². The van der Waals surface area contributed by atoms with E-state index in [9.17, 15) is 31.9 Å². The van der Waals surface area contributed by atoms with Gasteiger partial charge in [0.1, 0.15) is 17.3 Å². The van der Waals surface area contributed by atoms with Gasteiger partial charge in [0.15, 0.2) is 11.6 Å². The number of hydrogen-bond acceptors (Lipinski definition) is 5. The first-order valence-corrected chi connectivity index (χ1v) is 11.5. The standard InChI is InChI=1S/C27H19F5N4O3/c1-39-15-6-8-17(20(10-15)27(30,31)32)16-7-5-14(9-19(16)26(37)38)12-36-13-23-22(11-33-36)34-25(35-23)18-3-2-4-21(28)24(18)29/h2-11H,12-13H2,1H3,(H,34,35)(H,37,38). The lowest BCUT2D eigenvalue weighted by molar-refractivity contribution is -0.137. The molecule has 0 saturated carbocycles. The summed E-state index contributed by atoms with van der Waals surface area (Å²) < 4.78 is 74.1. The molecule has 0 amide bonds. The smallest absolute Gasteiger partial charge is 0.417 e. The Bertz CT molecular complexity index is 1610. The van der Waals surface area contributed by atoms with E-state index in [1.54, 1.807) is 5.01 Å². The van der Waals surface area contributed by atoms with Crippen LogP contribution in [0, 0.1) is 11.6 Å². The molecule has 200 valence electrons. The Morgan fingerprint density at radius 3 is 2.56 bits per heavy atom. The van der Waals surface area contributed by atoms with E-state index in [4.69, 9.17) is 4.74 Å². The minimum atomic E-state index is -4.74. The zero-order valence-electron chi connectivity index (χ0n) is 20.2. The summed E-state index contributed by atoms with van der Waals surface area (Å²) in [5.74, 6) is -3.32. The number of imidazole rings is 1. The van der Waals surface area contributed by atoms with Crippen LogP contribution < -0.4 is 4.74 Å². The Balaban J connectivity index is 1.42. The fourth-order valence-electron chi connectivity index (χ4n) is 4.35. The number of fused-ring (bicyclic) bond motifs is 1. The molecule has 0 aliphatic carbocycles. The molecule has 0 saturated heterocycles. The number of aromatic nitrogens is 2. The lowest BCUT2D eigenvalue weighted by Crippen LogP contribution is -2.21. The van der Waals surface area contributed by atoms with Crippen molar-refractivity contribution in [2.24, 2.45) is 5.10 Å². The second-order valence-corrected chi connectivity index (χ2v) is 8.71. The Labute approximate surface area is 218 Å². The van der Waals surface area contributed by atoms with Crippen molar-refractivity contribution in [3.8, 4) is 28.3 Å². The minimum absolute atomic E-state index is 0.0102. The predicted molar refractivity (Wildman–Crippen MR) is 131 cm³/mol. The number of halogens is 5. The first-order chi connectivity index (χ1) is 18.5. The molecule has 1 aliphatic rings. The first-order valence-electron chi connectivity index (χ1n) is 11.5. The Morgan fingerprint density at radius 2 is 1.85 bits per heavy atom. The number of H-pyrrole nitrogens is 1. The van der Waals surface area contributed by atoms with Crippen LogP contribution in [-0.2, 0) is 19.3 Å². The fourth-order valence-corrected chi connectivity index (χ4v) is 4.35. The maximum Gasteiger partial charge on any atom is 0.417 e. The van der Waals surface area contributed by atoms with Crippen LogP contribution in [0.25, 0.3) is 22.5 Å². The number of nitrogens with one attached hydrogen (secondary N) is 1. The average molecular weight is 542 g/mol. The third kappa shape index (κ3) is 5.05. The molecule has 0 radical (unpaired) electrons. The number of rotatable bonds is 6. The molecule has 0 bridgehead atoms. The van der Waals surface area contributed by atoms with Gasteiger partial charge in [0.25, 0.3) is 0 Å². The van der Waals surface area contributed by atoms with Crippen LogP contribution in [0.5, 0.6) is 5.75 Å². The Morgan fingerprint density at radius 1 is 1.08 bits per heavy atom. The number of aromatic amines is 1. The van der Waals surface area contributed by atoms with Crippen molar-refractivity contribution in [3.63, 3.8) is 0 Å². The van der Waals surface area contributed by atoms with Gasteiger partial charge >= 0.3 is 12.1 Å². The molecule has 1 aliphatic heterocycles. The number of benzene rings is 3. The molecule has 4 aromatic rings. The third-order valence-electron chi connectivity index (χ3n) is 6.20. The number of aromatic carboxylic acids is 1. The molecule has 0 spiro atoms. The summed E-state index contributed by atoms with van der Waals surface area (Å²) in [5, 5.41) is 15.7. The van der Waals surface area contributed by atoms with Crippen LogP contribution in [0.15, 0.2) is 59.7 Å². The number of hydrogen-bond donors (Lipinski definition) is 2. The SMILES string of the molecule is COc1ccc(-c2ccc(CN3Cc4[nH]c(-c5cccc(F)c5F)nc4C=N3)cc2C(=O)O)c(C(F)(F)F)c1. The van der Waals surface area contributed by atoms with E-state index >= 15 is 0 Å². The number of carboxylic acid groups (broad SMARTS) is 1. The molecule has 0 unspecified atom stereocenters. The van der Waals surface area contributed by atoms with Gasteiger partial charge in [0, 0.05) is 0 Å². The Kier molecular flexibility index (Phi) is 6.54. The van der Waals surface area contributed by atoms with Gasteiger partial charge in [-0.25, -0.2) is 18.6 Å². The maximum absolute atomic E-state index is 14.2. The molecule has 7 nitrogen and oxygen atoms in total. The molecule has 3 aromatic carbocycles. The van der Waals surface area contributed by atoms with Crippen LogP contribution >= 0.6 is 0 Å². The van der Waals surface area contributed by atoms with Crippen molar-refractivity contribution in [1.29, 1.82) is 0 Å². The van der Waals surface area contributed by atoms with Crippen molar-refractivity contribution in [2.75, 3.05) is 7.11 Å². The lowest BCUT2D eigenvalue weighted by atomic mass is 9.93. The normalized spacial score (nSPS) is 12.9. The number of carboxylic acids is 1. The first kappa shape index (κ1) is 25.9. The van der Waals surface area contributed by atoms with E-state index in [0.717, 1.165) is 12.1 Å². The molecule has 0 atom stereocenters. The van der Waals surface area contributed by atoms with E-state index in [1.165, 1.54) is 55.8 Å². The summed E-state index contributed by atoms with van der Waals surface area (Å²) >= 11 is 0. The van der Waals surface area contributed by atoms with E-state index < -0.39 is 29.3 Å². The summed E-state index contributed by atoms with van der Waals surface area (Å²) in [7, 11) is 1.24. The van der Waals surface area contributed by atoms with E-state index in [-0.39, 0.29) is 46.9 Å². The van der Waals surface area contributed by atoms with Crippen LogP contribution in [-0.4, -0.2) is 39.4 Å². The minimum Gasteiger partial charge on any atom is -0.497 e. The summed E-state index contributed by atoms with van der Waals surface area (Å²) in [6.07, 6.45) is -3.31. The van der Waals surface area contributed by atoms with Gasteiger partial charge in [-0.05, 0) is 47.0 Å². The molecule has 12 heteroatoms. The monoisotopic (exact) mass is 542 g/mol. The fraction of sp³-hybridized carbons (Fsp3) is 0.148. The molecule has 0 fully saturated rings. The molecular formula is C27H19F5N4O3. The quantitative estimate of drug-likeness (QED) is 0.288. The maximum atomic E-state index is 14.2. The van der Waals surface area contributed by atoms with Gasteiger partial charge < -0.3 is 14.8 Å². The zero-order chi connectivity index (χ0) is 27.9. The average Bonchev–Trinajstić information content (AvgIpc) is 3.32. The van der Waals surface area contributed by atoms with Gasteiger partial charge in [-0.1, -0.05) is 24.3 Å². The molecule has 5 rings (SSSR count). The highest BCUT2D eigenvalue weighted by molar-refractivity contribution is 5.97. The van der Waals surface area contributed by atoms with E-state index in [1.807, 2.05) is 0 Å². The summed E-state index contributed by atoms with van der Waals surface area (Å²) in [4.78, 5) is 19.3. The molecule has 2 N–H and O–H groups in total. The number of hydrazone groups is 1. The van der Waals surface area contributed by atoms with E-state index in [0.29, 0.717) is 17.0 Å². The number of nitrogens with zero attached hydrogens (tertiary/aromatic N) is 3.